The zero-order valence-electron chi connectivity index (χ0n) is 22.7. The molecule has 2 atom stereocenters. The van der Waals surface area contributed by atoms with Crippen LogP contribution in [-0.4, -0.2) is 67.7 Å². The molecule has 2 rings (SSSR count). The summed E-state index contributed by atoms with van der Waals surface area (Å²) in [6, 6.07) is -1.29. The van der Waals surface area contributed by atoms with E-state index in [1.165, 1.54) is 4.90 Å². The van der Waals surface area contributed by atoms with Gasteiger partial charge in [-0.05, 0) is 17.4 Å². The van der Waals surface area contributed by atoms with Gasteiger partial charge in [0.2, 0.25) is 0 Å². The van der Waals surface area contributed by atoms with Crippen molar-refractivity contribution in [3.05, 3.63) is 94.0 Å². The molecule has 37 heteroatoms. The average Bonchev–Trinajstić information content (AvgIpc) is 3.67. The van der Waals surface area contributed by atoms with E-state index in [1.54, 1.807) is 11.8 Å². The Hall–Kier alpha value is -7.63. The van der Waals surface area contributed by atoms with E-state index in [2.05, 4.69) is 86.4 Å². The van der Waals surface area contributed by atoms with Gasteiger partial charge >= 0.3 is 11.9 Å². The molecular weight excluding hydrogens is 686 g/mol. The van der Waals surface area contributed by atoms with Gasteiger partial charge in [-0.15, -0.1) is 27.7 Å². The summed E-state index contributed by atoms with van der Waals surface area (Å²) in [5.41, 5.74) is 71.4. The fourth-order valence-electron chi connectivity index (χ4n) is 1.67. The third-order valence-corrected chi connectivity index (χ3v) is 4.90. The molecule has 2 fully saturated rings. The topological polar surface area (TPSA) is 574 Å². The van der Waals surface area contributed by atoms with Crippen molar-refractivity contribution in [2.45, 2.75) is 19.0 Å². The van der Waals surface area contributed by atoms with Crippen LogP contribution in [0, 0.1) is 5.53 Å². The molecule has 2 heterocycles. The van der Waals surface area contributed by atoms with Crippen LogP contribution >= 0.6 is 23.5 Å². The second kappa shape index (κ2) is 40.5. The molecule has 248 valence electrons. The van der Waals surface area contributed by atoms with E-state index < -0.39 is 24.0 Å². The van der Waals surface area contributed by atoms with Gasteiger partial charge in [-0.1, -0.05) is 45.6 Å². The van der Waals surface area contributed by atoms with Crippen LogP contribution in [0.5, 0.6) is 0 Å². The van der Waals surface area contributed by atoms with Gasteiger partial charge in [0, 0.05) is 37.7 Å². The number of azide groups is 8. The molecule has 2 aliphatic heterocycles. The van der Waals surface area contributed by atoms with Crippen LogP contribution in [0.4, 0.5) is 9.59 Å². The number of aliphatic carboxylic acids is 2. The summed E-state index contributed by atoms with van der Waals surface area (Å²) in [4.78, 5) is 62.1. The van der Waals surface area contributed by atoms with Crippen LogP contribution < -0.4 is 5.32 Å². The normalized spacial score (nSPS) is 13.2. The van der Waals surface area contributed by atoms with Crippen molar-refractivity contribution < 1.29 is 29.4 Å². The van der Waals surface area contributed by atoms with Crippen molar-refractivity contribution in [1.29, 1.82) is 5.53 Å². The highest BCUT2D eigenvalue weighted by Gasteiger charge is 2.35. The first-order chi connectivity index (χ1) is 22.4. The predicted molar refractivity (Wildman–Crippen MR) is 157 cm³/mol. The molecule has 47 heavy (non-hydrogen) atoms. The first kappa shape index (κ1) is 49.1. The molecule has 0 bridgehead atoms. The Morgan fingerprint density at radius 3 is 1.19 bits per heavy atom. The number of hydrogen-bond donors (Lipinski definition) is 4. The summed E-state index contributed by atoms with van der Waals surface area (Å²) >= 11 is 2.08. The molecule has 0 aromatic rings. The summed E-state index contributed by atoms with van der Waals surface area (Å²) < 4.78 is 0. The average molecular weight is 702 g/mol. The van der Waals surface area contributed by atoms with Crippen LogP contribution in [0.3, 0.4) is 0 Å². The Labute approximate surface area is 264 Å². The summed E-state index contributed by atoms with van der Waals surface area (Å²) in [6.45, 7) is 2.25. The number of carboxylic acids is 2. The lowest BCUT2D eigenvalue weighted by molar-refractivity contribution is -0.141. The second-order valence-electron chi connectivity index (χ2n) is 5.38. The number of nitrogens with one attached hydrogen (secondary N) is 2. The quantitative estimate of drug-likeness (QED) is 0.0888. The molecule has 0 spiro atoms. The lowest BCUT2D eigenvalue weighted by Gasteiger charge is -2.17. The number of thioether (sulfide) groups is 2. The van der Waals surface area contributed by atoms with Crippen molar-refractivity contribution >= 4 is 45.9 Å². The molecule has 0 saturated carbocycles. The van der Waals surface area contributed by atoms with E-state index >= 15 is 0 Å². The van der Waals surface area contributed by atoms with Gasteiger partial charge in [-0.2, -0.15) is 19.6 Å². The van der Waals surface area contributed by atoms with Crippen LogP contribution in [0.15, 0.2) is 41.8 Å². The van der Waals surface area contributed by atoms with Gasteiger partial charge in [0.25, 0.3) is 31.4 Å². The Kier molecular flexibility index (Phi) is 42.3. The third kappa shape index (κ3) is 38.4. The van der Waals surface area contributed by atoms with E-state index in [0.717, 1.165) is 23.5 Å². The fraction of sp³-hybridized carbons (Fsp3) is 0.600. The Morgan fingerprint density at radius 2 is 1.04 bits per heavy atom. The van der Waals surface area contributed by atoms with Gasteiger partial charge in [-0.25, -0.2) is 9.59 Å². The van der Waals surface area contributed by atoms with E-state index in [-0.39, 0.29) is 10.5 Å². The number of rotatable bonds is 7. The van der Waals surface area contributed by atoms with E-state index in [4.69, 9.17) is 65.5 Å². The number of nitrogens with zero attached hydrogens (tertiary/aromatic N) is 27. The van der Waals surface area contributed by atoms with Crippen molar-refractivity contribution in [3.8, 4) is 0 Å². The highest BCUT2D eigenvalue weighted by atomic mass is 32.2. The minimum absolute atomic E-state index is 0.125. The maximum Gasteiger partial charge on any atom is 0.327 e. The maximum atomic E-state index is 10.9. The SMILES string of the molecule is CCN1C(=O)SC[C@H]1C(=O)O.O=C1N[C@H](C(=O)O)CS1.[N-]=[N+]=N.[N-]=[N+]=NN=[N+]=[N-].[N-]=[N+]=NN=[N+]=[N-].[N-]=[N+]=NN=[N+]=[N-].[N-]=[N+]=NN=[N+]=[N-]. The van der Waals surface area contributed by atoms with Crippen molar-refractivity contribution in [3.63, 3.8) is 0 Å². The second-order valence-corrected chi connectivity index (χ2v) is 7.35. The highest BCUT2D eigenvalue weighted by Crippen LogP contribution is 2.23. The van der Waals surface area contributed by atoms with Gasteiger partial charge in [0.15, 0.2) is 0 Å². The maximum absolute atomic E-state index is 10.9. The van der Waals surface area contributed by atoms with Crippen LogP contribution in [0.25, 0.3) is 94.0 Å². The van der Waals surface area contributed by atoms with Crippen LogP contribution in [-0.2, 0) is 9.59 Å². The monoisotopic (exact) mass is 701 g/mol. The molecule has 0 aromatic heterocycles. The largest absolute Gasteiger partial charge is 0.480 e. The summed E-state index contributed by atoms with van der Waals surface area (Å²) in [6.07, 6.45) is 0. The third-order valence-electron chi connectivity index (χ3n) is 3.05. The van der Waals surface area contributed by atoms with Crippen molar-refractivity contribution in [2.75, 3.05) is 18.1 Å². The zero-order valence-corrected chi connectivity index (χ0v) is 24.3. The summed E-state index contributed by atoms with van der Waals surface area (Å²) in [5.74, 6) is -1.16. The molecule has 0 radical (unpaired) electrons. The molecule has 2 amide bonds. The standard InChI is InChI=1S/C6H9NO3S.C4H5NO3S.4N6.HN3/c1-2-7-4(5(8)9)3-11-6(7)10;6-3(7)2-1-9-4(8)5-2;4*1-3-5-6-4-2;1-3-2/h4H,2-3H2,1H3,(H,8,9);2H,1H2,(H,5,8)(H,6,7);;;;;1H/t4-;2-;;;;;/m00...../s1. The lowest BCUT2D eigenvalue weighted by Crippen LogP contribution is -2.38. The molecule has 0 aromatic carbocycles. The molecule has 35 nitrogen and oxygen atoms in total. The highest BCUT2D eigenvalue weighted by molar-refractivity contribution is 8.14. The Morgan fingerprint density at radius 1 is 0.723 bits per heavy atom. The van der Waals surface area contributed by atoms with Crippen molar-refractivity contribution in [2.24, 2.45) is 41.8 Å². The molecule has 0 unspecified atom stereocenters. The number of likely N-dealkylation sites (N-methyl/N-ethyl adjacent to an activating group) is 1. The summed E-state index contributed by atoms with van der Waals surface area (Å²) in [5, 5.41) is 38.7. The van der Waals surface area contributed by atoms with Crippen molar-refractivity contribution in [1.82, 2.24) is 10.2 Å². The van der Waals surface area contributed by atoms with Crippen LogP contribution in [0.2, 0.25) is 0 Å². The predicted octanol–water partition coefficient (Wildman–Crippen LogP) is 7.49. The molecule has 2 aliphatic rings. The number of hydrogen-bond acceptors (Lipinski definition) is 7. The first-order valence-electron chi connectivity index (χ1n) is 10.1. The van der Waals surface area contributed by atoms with Gasteiger partial charge in [0.05, 0.1) is 20.9 Å². The minimum Gasteiger partial charge on any atom is -0.480 e. The zero-order chi connectivity index (χ0) is 37.3. The van der Waals surface area contributed by atoms with Gasteiger partial charge in [0.1, 0.15) is 12.1 Å². The minimum atomic E-state index is -0.964. The van der Waals surface area contributed by atoms with Crippen LogP contribution in [0.1, 0.15) is 6.92 Å². The molecule has 4 N–H and O–H groups in total. The van der Waals surface area contributed by atoms with E-state index in [0.29, 0.717) is 18.1 Å². The number of amides is 2. The first-order valence-corrected chi connectivity index (χ1v) is 12.1. The van der Waals surface area contributed by atoms with Gasteiger partial charge in [-0.3, -0.25) is 9.59 Å². The lowest BCUT2D eigenvalue weighted by atomic mass is 10.3. The summed E-state index contributed by atoms with van der Waals surface area (Å²) in [7, 11) is 0. The fourth-order valence-corrected chi connectivity index (χ4v) is 3.48. The molecule has 2 saturated heterocycles. The number of carboxylic acid groups (broad SMARTS) is 2. The Balaban J connectivity index is -0.000000151. The van der Waals surface area contributed by atoms with E-state index in [1.807, 2.05) is 0 Å². The number of carbonyl (C=O) groups excluding carboxylic acids is 2. The number of carbonyl (C=O) groups is 4. The Bertz CT molecular complexity index is 1250. The molecular formula is C10H15N29O6S2. The smallest absolute Gasteiger partial charge is 0.327 e. The van der Waals surface area contributed by atoms with E-state index in [9.17, 15) is 19.2 Å². The molecule has 0 aliphatic carbocycles. The van der Waals surface area contributed by atoms with Gasteiger partial charge < -0.3 is 20.4 Å².